The maximum atomic E-state index is 13.7. The number of carbonyl (C=O) groups is 1. The predicted molar refractivity (Wildman–Crippen MR) is 70.4 cm³/mol. The molecule has 0 aliphatic carbocycles. The van der Waals surface area contributed by atoms with E-state index in [0.29, 0.717) is 5.56 Å². The van der Waals surface area contributed by atoms with Gasteiger partial charge in [-0.3, -0.25) is 4.79 Å². The minimum atomic E-state index is -0.552. The second-order valence-corrected chi connectivity index (χ2v) is 4.92. The highest BCUT2D eigenvalue weighted by Crippen LogP contribution is 2.22. The van der Waals surface area contributed by atoms with Gasteiger partial charge in [0.15, 0.2) is 0 Å². The fourth-order valence-electron chi connectivity index (χ4n) is 1.73. The molecule has 1 aromatic carbocycles. The number of benzene rings is 1. The average molecular weight is 252 g/mol. The van der Waals surface area contributed by atoms with Crippen LogP contribution < -0.4 is 5.73 Å². The third-order valence-electron chi connectivity index (χ3n) is 3.29. The molecule has 3 nitrogen and oxygen atoms in total. The summed E-state index contributed by atoms with van der Waals surface area (Å²) in [5, 5.41) is 0. The number of halogens is 1. The Morgan fingerprint density at radius 2 is 1.83 bits per heavy atom. The molecule has 2 N–H and O–H groups in total. The van der Waals surface area contributed by atoms with Crippen molar-refractivity contribution in [2.75, 3.05) is 7.05 Å². The lowest BCUT2D eigenvalue weighted by Crippen LogP contribution is -2.45. The first-order chi connectivity index (χ1) is 8.36. The summed E-state index contributed by atoms with van der Waals surface area (Å²) in [6, 6.07) is 5.59. The van der Waals surface area contributed by atoms with Crippen LogP contribution in [0.2, 0.25) is 0 Å². The van der Waals surface area contributed by atoms with Crippen molar-refractivity contribution < 1.29 is 9.18 Å². The van der Waals surface area contributed by atoms with E-state index in [9.17, 15) is 9.18 Å². The highest BCUT2D eigenvalue weighted by molar-refractivity contribution is 5.82. The summed E-state index contributed by atoms with van der Waals surface area (Å²) in [4.78, 5) is 13.6. The summed E-state index contributed by atoms with van der Waals surface area (Å²) < 4.78 is 13.7. The molecule has 0 saturated heterocycles. The van der Waals surface area contributed by atoms with Crippen LogP contribution in [0.5, 0.6) is 0 Å². The van der Waals surface area contributed by atoms with Crippen LogP contribution in [-0.4, -0.2) is 23.9 Å². The SMILES string of the molecule is CC(C)[C@@H](N)C(=O)N(C)C(C)c1ccccc1F. The molecule has 18 heavy (non-hydrogen) atoms. The molecule has 0 saturated carbocycles. The summed E-state index contributed by atoms with van der Waals surface area (Å²) in [5.74, 6) is -0.406. The van der Waals surface area contributed by atoms with E-state index in [-0.39, 0.29) is 23.7 Å². The normalized spacial score (nSPS) is 14.4. The zero-order chi connectivity index (χ0) is 13.9. The minimum absolute atomic E-state index is 0.0628. The molecule has 2 atom stereocenters. The Morgan fingerprint density at radius 3 is 2.33 bits per heavy atom. The number of amides is 1. The fourth-order valence-corrected chi connectivity index (χ4v) is 1.73. The molecule has 0 spiro atoms. The monoisotopic (exact) mass is 252 g/mol. The quantitative estimate of drug-likeness (QED) is 0.894. The summed E-state index contributed by atoms with van der Waals surface area (Å²) in [6.45, 7) is 5.58. The summed E-state index contributed by atoms with van der Waals surface area (Å²) in [5.41, 5.74) is 6.33. The largest absolute Gasteiger partial charge is 0.338 e. The molecule has 1 unspecified atom stereocenters. The molecular formula is C14H21FN2O. The van der Waals surface area contributed by atoms with E-state index >= 15 is 0 Å². The summed E-state index contributed by atoms with van der Waals surface area (Å²) >= 11 is 0. The van der Waals surface area contributed by atoms with Crippen molar-refractivity contribution in [3.05, 3.63) is 35.6 Å². The molecule has 1 rings (SSSR count). The smallest absolute Gasteiger partial charge is 0.239 e. The van der Waals surface area contributed by atoms with E-state index < -0.39 is 6.04 Å². The van der Waals surface area contributed by atoms with Gasteiger partial charge in [0, 0.05) is 12.6 Å². The van der Waals surface area contributed by atoms with Gasteiger partial charge < -0.3 is 10.6 Å². The number of hydrogen-bond donors (Lipinski definition) is 1. The average Bonchev–Trinajstić information content (AvgIpc) is 2.35. The van der Waals surface area contributed by atoms with Gasteiger partial charge in [-0.15, -0.1) is 0 Å². The van der Waals surface area contributed by atoms with Gasteiger partial charge in [-0.2, -0.15) is 0 Å². The summed E-state index contributed by atoms with van der Waals surface area (Å²) in [7, 11) is 1.65. The Kier molecular flexibility index (Phi) is 4.84. The van der Waals surface area contributed by atoms with Gasteiger partial charge >= 0.3 is 0 Å². The molecular weight excluding hydrogens is 231 g/mol. The first-order valence-electron chi connectivity index (χ1n) is 6.13. The zero-order valence-electron chi connectivity index (χ0n) is 11.4. The second kappa shape index (κ2) is 5.96. The molecule has 0 heterocycles. The Hall–Kier alpha value is -1.42. The van der Waals surface area contributed by atoms with Crippen LogP contribution in [0.25, 0.3) is 0 Å². The molecule has 1 amide bonds. The van der Waals surface area contributed by atoms with Crippen LogP contribution in [0.15, 0.2) is 24.3 Å². The van der Waals surface area contributed by atoms with Crippen molar-refractivity contribution in [3.8, 4) is 0 Å². The zero-order valence-corrected chi connectivity index (χ0v) is 11.4. The van der Waals surface area contributed by atoms with Crippen LogP contribution in [0.4, 0.5) is 4.39 Å². The van der Waals surface area contributed by atoms with Crippen LogP contribution in [0.1, 0.15) is 32.4 Å². The van der Waals surface area contributed by atoms with E-state index in [1.165, 1.54) is 11.0 Å². The van der Waals surface area contributed by atoms with Crippen molar-refractivity contribution >= 4 is 5.91 Å². The predicted octanol–water partition coefficient (Wildman–Crippen LogP) is 2.33. The highest BCUT2D eigenvalue weighted by atomic mass is 19.1. The lowest BCUT2D eigenvalue weighted by Gasteiger charge is -2.29. The van der Waals surface area contributed by atoms with E-state index in [4.69, 9.17) is 5.73 Å². The van der Waals surface area contributed by atoms with Gasteiger partial charge in [0.2, 0.25) is 5.91 Å². The van der Waals surface area contributed by atoms with Gasteiger partial charge in [0.05, 0.1) is 12.1 Å². The van der Waals surface area contributed by atoms with Gasteiger partial charge in [-0.25, -0.2) is 4.39 Å². The lowest BCUT2D eigenvalue weighted by atomic mass is 10.0. The molecule has 0 aromatic heterocycles. The number of nitrogens with two attached hydrogens (primary N) is 1. The van der Waals surface area contributed by atoms with Crippen molar-refractivity contribution in [1.29, 1.82) is 0 Å². The molecule has 1 aromatic rings. The molecule has 0 aliphatic rings. The minimum Gasteiger partial charge on any atom is -0.338 e. The van der Waals surface area contributed by atoms with Gasteiger partial charge in [-0.1, -0.05) is 32.0 Å². The number of rotatable bonds is 4. The van der Waals surface area contributed by atoms with Gasteiger partial charge in [-0.05, 0) is 18.9 Å². The van der Waals surface area contributed by atoms with Crippen LogP contribution in [0.3, 0.4) is 0 Å². The lowest BCUT2D eigenvalue weighted by molar-refractivity contribution is -0.134. The van der Waals surface area contributed by atoms with Crippen molar-refractivity contribution in [2.45, 2.75) is 32.9 Å². The standard InChI is InChI=1S/C14H21FN2O/c1-9(2)13(16)14(18)17(4)10(3)11-7-5-6-8-12(11)15/h5-10,13H,16H2,1-4H3/t10?,13-/m1/s1. The maximum absolute atomic E-state index is 13.7. The maximum Gasteiger partial charge on any atom is 0.239 e. The fraction of sp³-hybridized carbons (Fsp3) is 0.500. The molecule has 100 valence electrons. The molecule has 0 fully saturated rings. The third-order valence-corrected chi connectivity index (χ3v) is 3.29. The number of likely N-dealkylation sites (N-methyl/N-ethyl adjacent to an activating group) is 1. The Balaban J connectivity index is 2.88. The summed E-state index contributed by atoms with van der Waals surface area (Å²) in [6.07, 6.45) is 0. The molecule has 0 radical (unpaired) electrons. The Bertz CT molecular complexity index is 420. The van der Waals surface area contributed by atoms with Gasteiger partial charge in [0.25, 0.3) is 0 Å². The van der Waals surface area contributed by atoms with Crippen molar-refractivity contribution in [1.82, 2.24) is 4.90 Å². The first-order valence-corrected chi connectivity index (χ1v) is 6.13. The van der Waals surface area contributed by atoms with Crippen molar-refractivity contribution in [2.24, 2.45) is 11.7 Å². The van der Waals surface area contributed by atoms with E-state index in [1.54, 1.807) is 32.2 Å². The molecule has 0 bridgehead atoms. The number of nitrogens with zero attached hydrogens (tertiary/aromatic N) is 1. The van der Waals surface area contributed by atoms with Crippen LogP contribution in [0, 0.1) is 11.7 Å². The first kappa shape index (κ1) is 14.6. The van der Waals surface area contributed by atoms with Gasteiger partial charge in [0.1, 0.15) is 5.82 Å². The van der Waals surface area contributed by atoms with Crippen LogP contribution in [-0.2, 0) is 4.79 Å². The molecule has 0 aliphatic heterocycles. The Labute approximate surface area is 108 Å². The topological polar surface area (TPSA) is 46.3 Å². The number of hydrogen-bond acceptors (Lipinski definition) is 2. The van der Waals surface area contributed by atoms with E-state index in [0.717, 1.165) is 0 Å². The second-order valence-electron chi connectivity index (χ2n) is 4.92. The number of carbonyl (C=O) groups excluding carboxylic acids is 1. The van der Waals surface area contributed by atoms with Crippen molar-refractivity contribution in [3.63, 3.8) is 0 Å². The third kappa shape index (κ3) is 3.07. The van der Waals surface area contributed by atoms with E-state index in [2.05, 4.69) is 0 Å². The Morgan fingerprint density at radius 1 is 1.28 bits per heavy atom. The van der Waals surface area contributed by atoms with E-state index in [1.807, 2.05) is 13.8 Å². The highest BCUT2D eigenvalue weighted by Gasteiger charge is 2.26. The van der Waals surface area contributed by atoms with Crippen LogP contribution >= 0.6 is 0 Å². The molecule has 4 heteroatoms.